The Morgan fingerprint density at radius 2 is 2.18 bits per heavy atom. The summed E-state index contributed by atoms with van der Waals surface area (Å²) in [5, 5.41) is 1.59. The number of H-pyrrole nitrogens is 1. The van der Waals surface area contributed by atoms with Gasteiger partial charge in [0.2, 0.25) is 0 Å². The molecule has 1 aliphatic carbocycles. The van der Waals surface area contributed by atoms with Crippen LogP contribution in [-0.4, -0.2) is 28.4 Å². The van der Waals surface area contributed by atoms with Crippen LogP contribution in [-0.2, 0) is 17.6 Å². The minimum Gasteiger partial charge on any atom is -0.377 e. The number of fused-ring (bicyclic) bond motifs is 3. The van der Waals surface area contributed by atoms with Crippen molar-refractivity contribution in [2.75, 3.05) is 12.4 Å². The van der Waals surface area contributed by atoms with Gasteiger partial charge < -0.3 is 9.72 Å². The molecule has 0 aromatic carbocycles. The maximum absolute atomic E-state index is 12.5. The molecular formula is C16H20N2O2S2. The van der Waals surface area contributed by atoms with E-state index in [2.05, 4.69) is 4.98 Å². The average Bonchev–Trinajstić information content (AvgIpc) is 2.92. The van der Waals surface area contributed by atoms with E-state index in [0.717, 1.165) is 47.0 Å². The highest BCUT2D eigenvalue weighted by molar-refractivity contribution is 7.99. The monoisotopic (exact) mass is 336 g/mol. The number of nitrogens with one attached hydrogen (secondary N) is 1. The van der Waals surface area contributed by atoms with E-state index in [4.69, 9.17) is 9.72 Å². The van der Waals surface area contributed by atoms with Gasteiger partial charge in [0.15, 0.2) is 5.16 Å². The third kappa shape index (κ3) is 2.84. The smallest absolute Gasteiger partial charge is 0.260 e. The Balaban J connectivity index is 1.58. The Bertz CT molecular complexity index is 732. The lowest BCUT2D eigenvalue weighted by Crippen LogP contribution is -2.21. The van der Waals surface area contributed by atoms with Crippen LogP contribution in [0.15, 0.2) is 9.95 Å². The number of thioether (sulfide) groups is 1. The van der Waals surface area contributed by atoms with E-state index < -0.39 is 0 Å². The molecule has 1 fully saturated rings. The van der Waals surface area contributed by atoms with Gasteiger partial charge in [-0.25, -0.2) is 4.98 Å². The first-order chi connectivity index (χ1) is 10.8. The summed E-state index contributed by atoms with van der Waals surface area (Å²) in [5.41, 5.74) is 1.30. The SMILES string of the molecule is O=c1[nH]c(SC[C@H]2CCCCO2)nc2sc3c(c12)CCCC3. The van der Waals surface area contributed by atoms with Crippen LogP contribution in [0.2, 0.25) is 0 Å². The molecule has 1 aliphatic heterocycles. The minimum atomic E-state index is 0.0384. The van der Waals surface area contributed by atoms with E-state index in [-0.39, 0.29) is 5.56 Å². The lowest BCUT2D eigenvalue weighted by atomic mass is 9.97. The number of rotatable bonds is 3. The molecular weight excluding hydrogens is 316 g/mol. The van der Waals surface area contributed by atoms with E-state index >= 15 is 0 Å². The molecule has 0 spiro atoms. The maximum atomic E-state index is 12.5. The number of aromatic amines is 1. The summed E-state index contributed by atoms with van der Waals surface area (Å²) in [6.45, 7) is 0.867. The lowest BCUT2D eigenvalue weighted by Gasteiger charge is -2.21. The third-order valence-corrected chi connectivity index (χ3v) is 6.67. The van der Waals surface area contributed by atoms with Crippen molar-refractivity contribution in [1.82, 2.24) is 9.97 Å². The fraction of sp³-hybridized carbons (Fsp3) is 0.625. The molecule has 22 heavy (non-hydrogen) atoms. The molecule has 118 valence electrons. The van der Waals surface area contributed by atoms with Gasteiger partial charge in [0.25, 0.3) is 5.56 Å². The molecule has 1 saturated heterocycles. The Morgan fingerprint density at radius 3 is 3.05 bits per heavy atom. The maximum Gasteiger partial charge on any atom is 0.260 e. The van der Waals surface area contributed by atoms with Crippen molar-refractivity contribution >= 4 is 33.3 Å². The van der Waals surface area contributed by atoms with Crippen LogP contribution < -0.4 is 5.56 Å². The molecule has 4 rings (SSSR count). The third-order valence-electron chi connectivity index (χ3n) is 4.48. The van der Waals surface area contributed by atoms with Crippen molar-refractivity contribution in [3.8, 4) is 0 Å². The number of ether oxygens (including phenoxy) is 1. The van der Waals surface area contributed by atoms with E-state index in [0.29, 0.717) is 6.10 Å². The zero-order valence-electron chi connectivity index (χ0n) is 12.5. The van der Waals surface area contributed by atoms with Gasteiger partial charge in [0, 0.05) is 17.2 Å². The molecule has 4 nitrogen and oxygen atoms in total. The first kappa shape index (κ1) is 14.7. The number of hydrogen-bond acceptors (Lipinski definition) is 5. The molecule has 0 saturated carbocycles. The number of thiophene rings is 1. The highest BCUT2D eigenvalue weighted by Crippen LogP contribution is 2.34. The summed E-state index contributed by atoms with van der Waals surface area (Å²) in [6, 6.07) is 0. The van der Waals surface area contributed by atoms with Crippen LogP contribution in [0.3, 0.4) is 0 Å². The number of hydrogen-bond donors (Lipinski definition) is 1. The zero-order valence-corrected chi connectivity index (χ0v) is 14.2. The second-order valence-electron chi connectivity index (χ2n) is 6.06. The topological polar surface area (TPSA) is 55.0 Å². The Hall–Kier alpha value is -0.850. The number of aromatic nitrogens is 2. The van der Waals surface area contributed by atoms with Crippen molar-refractivity contribution in [3.63, 3.8) is 0 Å². The molecule has 6 heteroatoms. The van der Waals surface area contributed by atoms with Crippen molar-refractivity contribution in [2.45, 2.75) is 56.2 Å². The predicted molar refractivity (Wildman–Crippen MR) is 91.2 cm³/mol. The molecule has 2 aromatic rings. The van der Waals surface area contributed by atoms with Crippen molar-refractivity contribution in [1.29, 1.82) is 0 Å². The van der Waals surface area contributed by atoms with Gasteiger partial charge in [0.1, 0.15) is 4.83 Å². The van der Waals surface area contributed by atoms with Gasteiger partial charge in [-0.1, -0.05) is 11.8 Å². The minimum absolute atomic E-state index is 0.0384. The molecule has 0 unspecified atom stereocenters. The Kier molecular flexibility index (Phi) is 4.24. The van der Waals surface area contributed by atoms with Gasteiger partial charge in [-0.05, 0) is 50.5 Å². The summed E-state index contributed by atoms with van der Waals surface area (Å²) < 4.78 is 5.75. The van der Waals surface area contributed by atoms with Crippen molar-refractivity contribution < 1.29 is 4.74 Å². The fourth-order valence-electron chi connectivity index (χ4n) is 3.32. The predicted octanol–water partition coefficient (Wildman–Crippen LogP) is 3.52. The van der Waals surface area contributed by atoms with Gasteiger partial charge in [-0.15, -0.1) is 11.3 Å². The summed E-state index contributed by atoms with van der Waals surface area (Å²) in [6.07, 6.45) is 8.39. The van der Waals surface area contributed by atoms with E-state index in [1.165, 1.54) is 36.1 Å². The second kappa shape index (κ2) is 6.34. The van der Waals surface area contributed by atoms with Crippen LogP contribution in [0.25, 0.3) is 10.2 Å². The molecule has 1 atom stereocenters. The molecule has 2 aromatic heterocycles. The number of aryl methyl sites for hydroxylation is 2. The highest BCUT2D eigenvalue weighted by atomic mass is 32.2. The van der Waals surface area contributed by atoms with Gasteiger partial charge >= 0.3 is 0 Å². The standard InChI is InChI=1S/C16H20N2O2S2/c19-14-13-11-6-1-2-7-12(11)22-15(13)18-16(17-14)21-9-10-5-3-4-8-20-10/h10H,1-9H2,(H,17,18,19)/t10-/m1/s1. The van der Waals surface area contributed by atoms with Crippen molar-refractivity contribution in [2.24, 2.45) is 0 Å². The van der Waals surface area contributed by atoms with E-state index in [1.807, 2.05) is 0 Å². The first-order valence-corrected chi connectivity index (χ1v) is 9.90. The zero-order chi connectivity index (χ0) is 14.9. The van der Waals surface area contributed by atoms with E-state index in [9.17, 15) is 4.79 Å². The van der Waals surface area contributed by atoms with Gasteiger partial charge in [0.05, 0.1) is 11.5 Å². The quantitative estimate of drug-likeness (QED) is 0.688. The normalized spacial score (nSPS) is 21.9. The summed E-state index contributed by atoms with van der Waals surface area (Å²) in [4.78, 5) is 22.4. The van der Waals surface area contributed by atoms with Gasteiger partial charge in [-0.2, -0.15) is 0 Å². The first-order valence-electron chi connectivity index (χ1n) is 8.10. The number of nitrogens with zero attached hydrogens (tertiary/aromatic N) is 1. The summed E-state index contributed by atoms with van der Waals surface area (Å²) in [7, 11) is 0. The molecule has 1 N–H and O–H groups in total. The second-order valence-corrected chi connectivity index (χ2v) is 8.15. The van der Waals surface area contributed by atoms with Crippen LogP contribution in [0.1, 0.15) is 42.5 Å². The fourth-order valence-corrected chi connectivity index (χ4v) is 5.57. The van der Waals surface area contributed by atoms with Gasteiger partial charge in [-0.3, -0.25) is 4.79 Å². The largest absolute Gasteiger partial charge is 0.377 e. The van der Waals surface area contributed by atoms with Crippen LogP contribution in [0, 0.1) is 0 Å². The van der Waals surface area contributed by atoms with Crippen LogP contribution in [0.4, 0.5) is 0 Å². The van der Waals surface area contributed by atoms with Crippen LogP contribution in [0.5, 0.6) is 0 Å². The molecule has 0 amide bonds. The molecule has 0 bridgehead atoms. The van der Waals surface area contributed by atoms with Crippen LogP contribution >= 0.6 is 23.1 Å². The molecule has 2 aliphatic rings. The summed E-state index contributed by atoms with van der Waals surface area (Å²) in [5.74, 6) is 0.875. The average molecular weight is 336 g/mol. The van der Waals surface area contributed by atoms with Crippen molar-refractivity contribution in [3.05, 3.63) is 20.8 Å². The molecule has 3 heterocycles. The Morgan fingerprint density at radius 1 is 1.27 bits per heavy atom. The highest BCUT2D eigenvalue weighted by Gasteiger charge is 2.20. The lowest BCUT2D eigenvalue weighted by molar-refractivity contribution is 0.0315. The Labute approximate surface area is 137 Å². The molecule has 0 radical (unpaired) electrons. The summed E-state index contributed by atoms with van der Waals surface area (Å²) >= 11 is 3.33. The van der Waals surface area contributed by atoms with E-state index in [1.54, 1.807) is 23.1 Å².